The van der Waals surface area contributed by atoms with Crippen molar-refractivity contribution in [2.75, 3.05) is 0 Å². The number of amides is 1. The SMILES string of the molecule is Cc1cccc(Sc2ccc(C(=O)NC3CC4CCC3N4)cc2)n1. The minimum atomic E-state index is 0.0274. The van der Waals surface area contributed by atoms with Crippen LogP contribution in [0.3, 0.4) is 0 Å². The number of carbonyl (C=O) groups is 1. The minimum absolute atomic E-state index is 0.0274. The lowest BCUT2D eigenvalue weighted by Crippen LogP contribution is -2.42. The first-order valence-corrected chi connectivity index (χ1v) is 9.27. The molecule has 2 fully saturated rings. The van der Waals surface area contributed by atoms with Crippen LogP contribution >= 0.6 is 11.8 Å². The minimum Gasteiger partial charge on any atom is -0.348 e. The molecule has 2 aromatic rings. The van der Waals surface area contributed by atoms with Gasteiger partial charge in [0, 0.05) is 34.3 Å². The van der Waals surface area contributed by atoms with Gasteiger partial charge in [0.1, 0.15) is 5.03 Å². The molecule has 4 nitrogen and oxygen atoms in total. The van der Waals surface area contributed by atoms with Gasteiger partial charge in [0.15, 0.2) is 0 Å². The number of rotatable bonds is 4. The van der Waals surface area contributed by atoms with Gasteiger partial charge in [-0.1, -0.05) is 17.8 Å². The summed E-state index contributed by atoms with van der Waals surface area (Å²) in [6, 6.07) is 15.1. The van der Waals surface area contributed by atoms with Crippen molar-refractivity contribution in [3.8, 4) is 0 Å². The molecular weight excluding hydrogens is 318 g/mol. The van der Waals surface area contributed by atoms with Crippen LogP contribution in [0, 0.1) is 6.92 Å². The van der Waals surface area contributed by atoms with E-state index < -0.39 is 0 Å². The highest BCUT2D eigenvalue weighted by Gasteiger charge is 2.39. The molecule has 2 bridgehead atoms. The third kappa shape index (κ3) is 3.32. The van der Waals surface area contributed by atoms with Gasteiger partial charge < -0.3 is 10.6 Å². The summed E-state index contributed by atoms with van der Waals surface area (Å²) in [6.07, 6.45) is 3.48. The summed E-state index contributed by atoms with van der Waals surface area (Å²) in [5.74, 6) is 0.0274. The molecule has 0 aliphatic carbocycles. The van der Waals surface area contributed by atoms with Crippen LogP contribution in [0.5, 0.6) is 0 Å². The van der Waals surface area contributed by atoms with Gasteiger partial charge in [0.05, 0.1) is 0 Å². The Hall–Kier alpha value is -1.85. The van der Waals surface area contributed by atoms with E-state index >= 15 is 0 Å². The predicted molar refractivity (Wildman–Crippen MR) is 95.4 cm³/mol. The van der Waals surface area contributed by atoms with Gasteiger partial charge in [-0.15, -0.1) is 0 Å². The highest BCUT2D eigenvalue weighted by atomic mass is 32.2. The average molecular weight is 339 g/mol. The molecule has 1 aromatic carbocycles. The second-order valence-corrected chi connectivity index (χ2v) is 7.70. The summed E-state index contributed by atoms with van der Waals surface area (Å²) in [6.45, 7) is 1.99. The highest BCUT2D eigenvalue weighted by Crippen LogP contribution is 2.29. The molecule has 3 unspecified atom stereocenters. The highest BCUT2D eigenvalue weighted by molar-refractivity contribution is 7.99. The van der Waals surface area contributed by atoms with Crippen molar-refractivity contribution in [3.05, 3.63) is 53.7 Å². The second kappa shape index (κ2) is 6.57. The van der Waals surface area contributed by atoms with Gasteiger partial charge in [-0.2, -0.15) is 0 Å². The van der Waals surface area contributed by atoms with Crippen LogP contribution in [0.4, 0.5) is 0 Å². The van der Waals surface area contributed by atoms with Crippen molar-refractivity contribution >= 4 is 17.7 Å². The van der Waals surface area contributed by atoms with Crippen molar-refractivity contribution in [3.63, 3.8) is 0 Å². The fourth-order valence-corrected chi connectivity index (χ4v) is 4.46. The monoisotopic (exact) mass is 339 g/mol. The van der Waals surface area contributed by atoms with Crippen LogP contribution in [0.15, 0.2) is 52.4 Å². The first-order chi connectivity index (χ1) is 11.7. The molecule has 4 rings (SSSR count). The third-order valence-electron chi connectivity index (χ3n) is 4.82. The summed E-state index contributed by atoms with van der Waals surface area (Å²) >= 11 is 1.61. The summed E-state index contributed by atoms with van der Waals surface area (Å²) < 4.78 is 0. The van der Waals surface area contributed by atoms with Crippen molar-refractivity contribution in [2.24, 2.45) is 0 Å². The van der Waals surface area contributed by atoms with E-state index in [0.29, 0.717) is 12.1 Å². The number of benzene rings is 1. The maximum Gasteiger partial charge on any atom is 0.251 e. The lowest BCUT2D eigenvalue weighted by Gasteiger charge is -2.21. The number of nitrogens with one attached hydrogen (secondary N) is 2. The average Bonchev–Trinajstić information content (AvgIpc) is 3.18. The number of fused-ring (bicyclic) bond motifs is 2. The van der Waals surface area contributed by atoms with E-state index in [-0.39, 0.29) is 11.9 Å². The lowest BCUT2D eigenvalue weighted by molar-refractivity contribution is 0.0931. The Morgan fingerprint density at radius 3 is 2.71 bits per heavy atom. The molecule has 124 valence electrons. The summed E-state index contributed by atoms with van der Waals surface area (Å²) in [7, 11) is 0. The van der Waals surface area contributed by atoms with E-state index in [9.17, 15) is 4.79 Å². The Kier molecular flexibility index (Phi) is 4.29. The Morgan fingerprint density at radius 1 is 1.21 bits per heavy atom. The zero-order chi connectivity index (χ0) is 16.5. The molecule has 3 heterocycles. The molecule has 2 aliphatic rings. The molecule has 5 heteroatoms. The summed E-state index contributed by atoms with van der Waals surface area (Å²) in [5.41, 5.74) is 1.73. The maximum atomic E-state index is 12.4. The van der Waals surface area contributed by atoms with Crippen LogP contribution in [0.2, 0.25) is 0 Å². The van der Waals surface area contributed by atoms with E-state index in [1.54, 1.807) is 11.8 Å². The Labute approximate surface area is 146 Å². The zero-order valence-corrected chi connectivity index (χ0v) is 14.5. The molecule has 2 aliphatic heterocycles. The fraction of sp³-hybridized carbons (Fsp3) is 0.368. The van der Waals surface area contributed by atoms with Gasteiger partial charge in [-0.25, -0.2) is 4.98 Å². The summed E-state index contributed by atoms with van der Waals surface area (Å²) in [4.78, 5) is 18.0. The molecule has 2 N–H and O–H groups in total. The van der Waals surface area contributed by atoms with E-state index in [4.69, 9.17) is 0 Å². The molecular formula is C19H21N3OS. The van der Waals surface area contributed by atoms with E-state index in [0.717, 1.165) is 27.6 Å². The number of hydrogen-bond acceptors (Lipinski definition) is 4. The Morgan fingerprint density at radius 2 is 2.04 bits per heavy atom. The third-order valence-corrected chi connectivity index (χ3v) is 5.76. The van der Waals surface area contributed by atoms with Gasteiger partial charge in [-0.3, -0.25) is 4.79 Å². The predicted octanol–water partition coefficient (Wildman–Crippen LogP) is 3.16. The van der Waals surface area contributed by atoms with Gasteiger partial charge in [-0.05, 0) is 62.6 Å². The van der Waals surface area contributed by atoms with Gasteiger partial charge >= 0.3 is 0 Å². The molecule has 3 atom stereocenters. The summed E-state index contributed by atoms with van der Waals surface area (Å²) in [5, 5.41) is 7.71. The first kappa shape index (κ1) is 15.7. The zero-order valence-electron chi connectivity index (χ0n) is 13.7. The van der Waals surface area contributed by atoms with Crippen molar-refractivity contribution < 1.29 is 4.79 Å². The van der Waals surface area contributed by atoms with E-state index in [2.05, 4.69) is 15.6 Å². The molecule has 0 saturated carbocycles. The quantitative estimate of drug-likeness (QED) is 0.898. The number of aryl methyl sites for hydroxylation is 1. The van der Waals surface area contributed by atoms with Crippen LogP contribution in [0.25, 0.3) is 0 Å². The molecule has 0 radical (unpaired) electrons. The smallest absolute Gasteiger partial charge is 0.251 e. The van der Waals surface area contributed by atoms with E-state index in [1.165, 1.54) is 12.8 Å². The van der Waals surface area contributed by atoms with Crippen molar-refractivity contribution in [1.29, 1.82) is 0 Å². The lowest BCUT2D eigenvalue weighted by atomic mass is 9.95. The van der Waals surface area contributed by atoms with Crippen molar-refractivity contribution in [2.45, 2.75) is 54.2 Å². The standard InChI is InChI=1S/C19H21N3OS/c1-12-3-2-4-18(20-12)24-15-8-5-13(6-9-15)19(23)22-17-11-14-7-10-16(17)21-14/h2-6,8-9,14,16-17,21H,7,10-11H2,1H3,(H,22,23). The molecule has 1 aromatic heterocycles. The largest absolute Gasteiger partial charge is 0.348 e. The topological polar surface area (TPSA) is 54.0 Å². The molecule has 0 spiro atoms. The van der Waals surface area contributed by atoms with Crippen LogP contribution in [-0.4, -0.2) is 29.0 Å². The number of carbonyl (C=O) groups excluding carboxylic acids is 1. The number of nitrogens with zero attached hydrogens (tertiary/aromatic N) is 1. The fourth-order valence-electron chi connectivity index (χ4n) is 3.61. The van der Waals surface area contributed by atoms with Crippen molar-refractivity contribution in [1.82, 2.24) is 15.6 Å². The van der Waals surface area contributed by atoms with Crippen LogP contribution in [-0.2, 0) is 0 Å². The van der Waals surface area contributed by atoms with Gasteiger partial charge in [0.25, 0.3) is 5.91 Å². The van der Waals surface area contributed by atoms with Crippen LogP contribution < -0.4 is 10.6 Å². The number of pyridine rings is 1. The normalized spacial score (nSPS) is 25.0. The van der Waals surface area contributed by atoms with Crippen LogP contribution in [0.1, 0.15) is 35.3 Å². The van der Waals surface area contributed by atoms with Gasteiger partial charge in [0.2, 0.25) is 0 Å². The molecule has 24 heavy (non-hydrogen) atoms. The second-order valence-electron chi connectivity index (χ2n) is 6.61. The first-order valence-electron chi connectivity index (χ1n) is 8.46. The maximum absolute atomic E-state index is 12.4. The number of hydrogen-bond donors (Lipinski definition) is 2. The Bertz CT molecular complexity index is 747. The molecule has 2 saturated heterocycles. The number of aromatic nitrogens is 1. The molecule has 1 amide bonds. The Balaban J connectivity index is 1.39. The van der Waals surface area contributed by atoms with E-state index in [1.807, 2.05) is 49.4 Å².